The van der Waals surface area contributed by atoms with Gasteiger partial charge in [0.25, 0.3) is 11.1 Å². The van der Waals surface area contributed by atoms with E-state index in [0.717, 1.165) is 23.2 Å². The maximum absolute atomic E-state index is 12.3. The van der Waals surface area contributed by atoms with Crippen LogP contribution in [0.1, 0.15) is 16.7 Å². The fraction of sp³-hybridized carbons (Fsp3) is 0.238. The number of nitrogens with one attached hydrogen (secondary N) is 2. The molecule has 3 rings (SSSR count). The molecule has 0 atom stereocenters. The fourth-order valence-electron chi connectivity index (χ4n) is 2.53. The Labute approximate surface area is 166 Å². The number of aromatic amines is 2. The molecule has 28 heavy (non-hydrogen) atoms. The molecular weight excluding hydrogens is 374 g/mol. The number of hydrogen-bond donors (Lipinski definition) is 2. The van der Waals surface area contributed by atoms with E-state index in [1.807, 2.05) is 55.2 Å². The summed E-state index contributed by atoms with van der Waals surface area (Å²) in [5, 5.41) is 4.29. The first kappa shape index (κ1) is 20.0. The fourth-order valence-corrected chi connectivity index (χ4v) is 3.15. The van der Waals surface area contributed by atoms with Gasteiger partial charge in [-0.1, -0.05) is 24.3 Å². The van der Waals surface area contributed by atoms with E-state index in [1.165, 1.54) is 11.3 Å². The van der Waals surface area contributed by atoms with Gasteiger partial charge < -0.3 is 19.6 Å². The van der Waals surface area contributed by atoms with E-state index >= 15 is 0 Å². The minimum atomic E-state index is -0.336. The van der Waals surface area contributed by atoms with Crippen LogP contribution in [-0.4, -0.2) is 42.1 Å². The van der Waals surface area contributed by atoms with Gasteiger partial charge in [0.2, 0.25) is 0 Å². The summed E-state index contributed by atoms with van der Waals surface area (Å²) < 4.78 is 5.62. The molecule has 2 N–H and O–H groups in total. The van der Waals surface area contributed by atoms with Gasteiger partial charge in [0, 0.05) is 6.54 Å². The molecule has 0 unspecified atom stereocenters. The topological polar surface area (TPSA) is 78.2 Å². The summed E-state index contributed by atoms with van der Waals surface area (Å²) in [7, 11) is 4.01. The lowest BCUT2D eigenvalue weighted by Crippen LogP contribution is -2.46. The van der Waals surface area contributed by atoms with Crippen molar-refractivity contribution in [1.82, 2.24) is 14.9 Å². The van der Waals surface area contributed by atoms with Gasteiger partial charge in [-0.3, -0.25) is 9.59 Å². The SMILES string of the molecule is CN(C)CCOCc1ccc(C=c2[nH]c(=O)c(=Cc3ccsc3)[nH]c2=O)cc1. The summed E-state index contributed by atoms with van der Waals surface area (Å²) in [5.41, 5.74) is 2.10. The lowest BCUT2D eigenvalue weighted by molar-refractivity contribution is 0.105. The molecule has 0 saturated carbocycles. The van der Waals surface area contributed by atoms with Crippen LogP contribution in [0.25, 0.3) is 12.2 Å². The largest absolute Gasteiger partial charge is 0.375 e. The third-order valence-corrected chi connectivity index (χ3v) is 4.78. The van der Waals surface area contributed by atoms with E-state index in [-0.39, 0.29) is 21.8 Å². The highest BCUT2D eigenvalue weighted by Gasteiger charge is 1.99. The Kier molecular flexibility index (Phi) is 6.76. The van der Waals surface area contributed by atoms with Crippen LogP contribution in [0, 0.1) is 0 Å². The lowest BCUT2D eigenvalue weighted by Gasteiger charge is -2.09. The van der Waals surface area contributed by atoms with Crippen molar-refractivity contribution in [3.05, 3.63) is 89.2 Å². The van der Waals surface area contributed by atoms with Gasteiger partial charge >= 0.3 is 0 Å². The first-order valence-electron chi connectivity index (χ1n) is 8.91. The Morgan fingerprint density at radius 3 is 2.18 bits per heavy atom. The zero-order valence-electron chi connectivity index (χ0n) is 15.9. The number of thiophene rings is 1. The molecule has 0 amide bonds. The number of ether oxygens (including phenoxy) is 1. The van der Waals surface area contributed by atoms with E-state index in [9.17, 15) is 9.59 Å². The standard InChI is InChI=1S/C21H23N3O3S/c1-24(2)8-9-27-13-16-5-3-15(4-6-16)11-18-20(25)23-19(21(26)22-18)12-17-7-10-28-14-17/h3-7,10-12,14H,8-9,13H2,1-2H3,(H,22,26)(H,23,25). The summed E-state index contributed by atoms with van der Waals surface area (Å²) in [6.45, 7) is 2.09. The number of benzene rings is 1. The smallest absolute Gasteiger partial charge is 0.272 e. The average Bonchev–Trinajstić information content (AvgIpc) is 3.17. The molecule has 0 aliphatic heterocycles. The average molecular weight is 398 g/mol. The van der Waals surface area contributed by atoms with E-state index < -0.39 is 0 Å². The Hall–Kier alpha value is -2.74. The van der Waals surface area contributed by atoms with E-state index in [2.05, 4.69) is 14.9 Å². The quantitative estimate of drug-likeness (QED) is 0.580. The van der Waals surface area contributed by atoms with Crippen molar-refractivity contribution in [3.8, 4) is 0 Å². The molecule has 0 spiro atoms. The number of rotatable bonds is 7. The number of hydrogen-bond acceptors (Lipinski definition) is 5. The van der Waals surface area contributed by atoms with E-state index in [0.29, 0.717) is 13.2 Å². The molecule has 3 aromatic rings. The Balaban J connectivity index is 1.77. The minimum absolute atomic E-state index is 0.224. The number of aromatic nitrogens is 2. The summed E-state index contributed by atoms with van der Waals surface area (Å²) in [6, 6.07) is 9.58. The molecule has 0 radical (unpaired) electrons. The van der Waals surface area contributed by atoms with Crippen LogP contribution < -0.4 is 21.8 Å². The second kappa shape index (κ2) is 9.45. The Morgan fingerprint density at radius 1 is 0.964 bits per heavy atom. The summed E-state index contributed by atoms with van der Waals surface area (Å²) in [6.07, 6.45) is 3.32. The van der Waals surface area contributed by atoms with Crippen LogP contribution in [0.3, 0.4) is 0 Å². The molecule has 0 aliphatic rings. The summed E-state index contributed by atoms with van der Waals surface area (Å²) in [5.74, 6) is 0. The molecule has 7 heteroatoms. The maximum atomic E-state index is 12.3. The highest BCUT2D eigenvalue weighted by atomic mass is 32.1. The minimum Gasteiger partial charge on any atom is -0.375 e. The zero-order valence-corrected chi connectivity index (χ0v) is 16.7. The second-order valence-corrected chi connectivity index (χ2v) is 7.46. The van der Waals surface area contributed by atoms with Crippen molar-refractivity contribution in [2.45, 2.75) is 6.61 Å². The third kappa shape index (κ3) is 5.63. The molecule has 2 aromatic heterocycles. The molecular formula is C21H23N3O3S. The number of likely N-dealkylation sites (N-methyl/N-ethyl adjacent to an activating group) is 1. The van der Waals surface area contributed by atoms with Crippen molar-refractivity contribution >= 4 is 23.5 Å². The zero-order chi connectivity index (χ0) is 19.9. The van der Waals surface area contributed by atoms with Gasteiger partial charge in [0.1, 0.15) is 10.7 Å². The number of H-pyrrole nitrogens is 2. The van der Waals surface area contributed by atoms with Gasteiger partial charge in [-0.15, -0.1) is 0 Å². The highest BCUT2D eigenvalue weighted by molar-refractivity contribution is 7.08. The van der Waals surface area contributed by atoms with Crippen molar-refractivity contribution in [2.75, 3.05) is 27.2 Å². The van der Waals surface area contributed by atoms with Crippen LogP contribution in [0.5, 0.6) is 0 Å². The van der Waals surface area contributed by atoms with E-state index in [1.54, 1.807) is 12.2 Å². The Morgan fingerprint density at radius 2 is 1.61 bits per heavy atom. The monoisotopic (exact) mass is 397 g/mol. The van der Waals surface area contributed by atoms with Crippen molar-refractivity contribution in [3.63, 3.8) is 0 Å². The van der Waals surface area contributed by atoms with Crippen LogP contribution >= 0.6 is 11.3 Å². The molecule has 0 bridgehead atoms. The molecule has 0 saturated heterocycles. The molecule has 1 aromatic carbocycles. The molecule has 146 valence electrons. The molecule has 0 aliphatic carbocycles. The van der Waals surface area contributed by atoms with Crippen LogP contribution in [-0.2, 0) is 11.3 Å². The lowest BCUT2D eigenvalue weighted by atomic mass is 10.1. The first-order valence-corrected chi connectivity index (χ1v) is 9.85. The third-order valence-electron chi connectivity index (χ3n) is 4.08. The Bertz CT molecular complexity index is 1130. The van der Waals surface area contributed by atoms with Gasteiger partial charge in [-0.05, 0) is 59.8 Å². The van der Waals surface area contributed by atoms with Gasteiger partial charge in [-0.2, -0.15) is 11.3 Å². The summed E-state index contributed by atoms with van der Waals surface area (Å²) in [4.78, 5) is 32.0. The van der Waals surface area contributed by atoms with Crippen LogP contribution in [0.4, 0.5) is 0 Å². The second-order valence-electron chi connectivity index (χ2n) is 6.68. The van der Waals surface area contributed by atoms with Crippen molar-refractivity contribution in [2.24, 2.45) is 0 Å². The predicted octanol–water partition coefficient (Wildman–Crippen LogP) is 0.861. The van der Waals surface area contributed by atoms with Gasteiger partial charge in [-0.25, -0.2) is 0 Å². The van der Waals surface area contributed by atoms with Crippen molar-refractivity contribution in [1.29, 1.82) is 0 Å². The molecule has 2 heterocycles. The molecule has 0 fully saturated rings. The van der Waals surface area contributed by atoms with Crippen LogP contribution in [0.15, 0.2) is 50.7 Å². The van der Waals surface area contributed by atoms with E-state index in [4.69, 9.17) is 4.74 Å². The van der Waals surface area contributed by atoms with Crippen LogP contribution in [0.2, 0.25) is 0 Å². The summed E-state index contributed by atoms with van der Waals surface area (Å²) >= 11 is 1.53. The predicted molar refractivity (Wildman–Crippen MR) is 113 cm³/mol. The number of nitrogens with zero attached hydrogens (tertiary/aromatic N) is 1. The van der Waals surface area contributed by atoms with Gasteiger partial charge in [0.05, 0.1) is 13.2 Å². The normalized spacial score (nSPS) is 12.8. The van der Waals surface area contributed by atoms with Crippen molar-refractivity contribution < 1.29 is 4.74 Å². The molecule has 6 nitrogen and oxygen atoms in total. The first-order chi connectivity index (χ1) is 13.5. The highest BCUT2D eigenvalue weighted by Crippen LogP contribution is 2.06. The maximum Gasteiger partial charge on any atom is 0.272 e. The van der Waals surface area contributed by atoms with Gasteiger partial charge in [0.15, 0.2) is 0 Å².